The van der Waals surface area contributed by atoms with E-state index in [4.69, 9.17) is 32.7 Å². The highest BCUT2D eigenvalue weighted by Gasteiger charge is 2.75. The Hall–Kier alpha value is -4.34. The number of phenols is 1. The summed E-state index contributed by atoms with van der Waals surface area (Å²) in [5.74, 6) is -1.98. The van der Waals surface area contributed by atoms with Gasteiger partial charge in [0, 0.05) is 50.0 Å². The number of hydrogen-bond donors (Lipinski definition) is 1. The normalized spacial score (nSPS) is 24.4. The zero-order chi connectivity index (χ0) is 35.2. The van der Waals surface area contributed by atoms with Crippen LogP contribution in [0.3, 0.4) is 0 Å². The molecule has 0 unspecified atom stereocenters. The van der Waals surface area contributed by atoms with Crippen LogP contribution in [0.2, 0.25) is 0 Å². The number of benzene rings is 2. The highest BCUT2D eigenvalue weighted by atomic mass is 79.9. The number of ether oxygens (including phenoxy) is 2. The van der Waals surface area contributed by atoms with Crippen LogP contribution in [0, 0.1) is 0 Å². The van der Waals surface area contributed by atoms with E-state index in [1.165, 1.54) is 34.2 Å². The third-order valence-corrected chi connectivity index (χ3v) is 11.7. The summed E-state index contributed by atoms with van der Waals surface area (Å²) >= 11 is 17.5. The lowest BCUT2D eigenvalue weighted by molar-refractivity contribution is -0.138. The molecule has 14 nitrogen and oxygen atoms in total. The van der Waals surface area contributed by atoms with Crippen molar-refractivity contribution < 1.29 is 24.2 Å². The van der Waals surface area contributed by atoms with Crippen LogP contribution in [0.25, 0.3) is 11.0 Å². The number of aryl methyl sites for hydroxylation is 2. The Morgan fingerprint density at radius 1 is 1.02 bits per heavy atom. The first kappa shape index (κ1) is 33.2. The topological polar surface area (TPSA) is 160 Å². The van der Waals surface area contributed by atoms with Crippen molar-refractivity contribution in [2.24, 2.45) is 7.05 Å². The monoisotopic (exact) mass is 774 g/mol. The molecule has 1 aliphatic carbocycles. The van der Waals surface area contributed by atoms with Crippen LogP contribution < -0.4 is 26.4 Å². The minimum Gasteiger partial charge on any atom is -0.508 e. The van der Waals surface area contributed by atoms with Gasteiger partial charge in [-0.05, 0) is 11.6 Å². The van der Waals surface area contributed by atoms with Crippen LogP contribution in [0.4, 0.5) is 0 Å². The van der Waals surface area contributed by atoms with E-state index in [0.717, 1.165) is 9.47 Å². The molecule has 0 radical (unpaired) electrons. The van der Waals surface area contributed by atoms with Gasteiger partial charge in [-0.2, -0.15) is 0 Å². The third kappa shape index (κ3) is 4.44. The average molecular weight is 776 g/mol. The molecule has 49 heavy (non-hydrogen) atoms. The Morgan fingerprint density at radius 3 is 2.39 bits per heavy atom. The number of rotatable bonds is 7. The van der Waals surface area contributed by atoms with Crippen molar-refractivity contribution in [2.45, 2.75) is 47.6 Å². The van der Waals surface area contributed by atoms with Crippen LogP contribution in [0.5, 0.6) is 17.2 Å². The maximum absolute atomic E-state index is 14.1. The number of phenolic OH excluding ortho intramolecular Hbond substituents is 1. The maximum Gasteiger partial charge on any atom is 0.347 e. The van der Waals surface area contributed by atoms with Crippen molar-refractivity contribution in [1.82, 2.24) is 28.4 Å². The Balaban J connectivity index is 1.31. The summed E-state index contributed by atoms with van der Waals surface area (Å²) in [6, 6.07) is 8.56. The van der Waals surface area contributed by atoms with Crippen molar-refractivity contribution in [3.05, 3.63) is 90.6 Å². The number of para-hydroxylation sites is 1. The summed E-state index contributed by atoms with van der Waals surface area (Å²) in [6.45, 7) is -0.252. The van der Waals surface area contributed by atoms with E-state index in [-0.39, 0.29) is 48.4 Å². The van der Waals surface area contributed by atoms with Crippen molar-refractivity contribution in [3.63, 3.8) is 0 Å². The summed E-state index contributed by atoms with van der Waals surface area (Å²) < 4.78 is 15.6. The molecule has 2 aromatic carbocycles. The van der Waals surface area contributed by atoms with Crippen LogP contribution in [0.15, 0.2) is 62.4 Å². The average Bonchev–Trinajstić information content (AvgIpc) is 3.42. The van der Waals surface area contributed by atoms with E-state index in [0.29, 0.717) is 28.1 Å². The molecular formula is C32H29BrCl2N6O8. The van der Waals surface area contributed by atoms with Gasteiger partial charge < -0.3 is 19.1 Å². The number of likely N-dealkylation sites (tertiary alicyclic amines) is 1. The number of nitrogens with zero attached hydrogens (tertiary/aromatic N) is 6. The van der Waals surface area contributed by atoms with Crippen LogP contribution in [-0.4, -0.2) is 74.7 Å². The van der Waals surface area contributed by atoms with Crippen molar-refractivity contribution in [1.29, 1.82) is 0 Å². The largest absolute Gasteiger partial charge is 0.508 e. The Labute approximate surface area is 295 Å². The van der Waals surface area contributed by atoms with Gasteiger partial charge >= 0.3 is 11.4 Å². The number of imide groups is 1. The van der Waals surface area contributed by atoms with Gasteiger partial charge in [-0.3, -0.25) is 19.3 Å². The number of aromatic hydroxyl groups is 1. The number of amides is 2. The molecule has 1 saturated heterocycles. The first-order valence-electron chi connectivity index (χ1n) is 15.2. The smallest absolute Gasteiger partial charge is 0.347 e. The fourth-order valence-corrected chi connectivity index (χ4v) is 8.82. The lowest BCUT2D eigenvalue weighted by Crippen LogP contribution is -2.59. The molecule has 0 bridgehead atoms. The van der Waals surface area contributed by atoms with Gasteiger partial charge in [0.1, 0.15) is 11.4 Å². The summed E-state index contributed by atoms with van der Waals surface area (Å²) in [6.07, 6.45) is 1.34. The number of fused-ring (bicyclic) bond motifs is 5. The molecule has 4 atom stereocenters. The molecule has 4 aromatic rings. The van der Waals surface area contributed by atoms with Gasteiger partial charge in [0.2, 0.25) is 0 Å². The number of allylic oxidation sites excluding steroid dienone is 2. The Morgan fingerprint density at radius 2 is 1.71 bits per heavy atom. The quantitative estimate of drug-likeness (QED) is 0.129. The van der Waals surface area contributed by atoms with Crippen molar-refractivity contribution in [2.75, 3.05) is 19.7 Å². The van der Waals surface area contributed by atoms with Crippen LogP contribution in [0.1, 0.15) is 29.6 Å². The van der Waals surface area contributed by atoms with Crippen molar-refractivity contribution >= 4 is 62.0 Å². The first-order valence-corrected chi connectivity index (χ1v) is 17.0. The van der Waals surface area contributed by atoms with Gasteiger partial charge in [0.05, 0.1) is 43.3 Å². The zero-order valence-electron chi connectivity index (χ0n) is 26.4. The zero-order valence-corrected chi connectivity index (χ0v) is 29.5. The van der Waals surface area contributed by atoms with Crippen LogP contribution >= 0.6 is 39.1 Å². The molecule has 2 aliphatic heterocycles. The van der Waals surface area contributed by atoms with E-state index in [1.54, 1.807) is 43.5 Å². The van der Waals surface area contributed by atoms with Gasteiger partial charge in [-0.15, -0.1) is 23.2 Å². The molecule has 256 valence electrons. The molecule has 3 aliphatic rings. The predicted octanol–water partition coefficient (Wildman–Crippen LogP) is 2.37. The van der Waals surface area contributed by atoms with Gasteiger partial charge in [-0.1, -0.05) is 40.2 Å². The van der Waals surface area contributed by atoms with E-state index in [9.17, 15) is 29.1 Å². The molecule has 17 heteroatoms. The molecule has 2 aromatic heterocycles. The van der Waals surface area contributed by atoms with Gasteiger partial charge in [-0.25, -0.2) is 28.5 Å². The molecular weight excluding hydrogens is 747 g/mol. The number of aromatic nitrogens is 5. The molecule has 1 N–H and O–H groups in total. The van der Waals surface area contributed by atoms with Gasteiger partial charge in [0.15, 0.2) is 21.2 Å². The SMILES string of the molecule is COc1cc2nc(CCn3c(=O)n4n(c3=O)[C@@H]3C[C@@]5(Cl)C(=O)N(CBr)C(=O)[C@@]5(Cl)[C@@H](c5ccccc5O)C3=CC4)c(=O)n(C)c2cc1OC. The minimum absolute atomic E-state index is 0.0565. The fourth-order valence-electron chi connectivity index (χ4n) is 7.42. The molecule has 4 heterocycles. The van der Waals surface area contributed by atoms with E-state index < -0.39 is 50.5 Å². The van der Waals surface area contributed by atoms with E-state index >= 15 is 0 Å². The number of carbonyl (C=O) groups excluding carboxylic acids is 2. The second kappa shape index (κ2) is 11.6. The highest BCUT2D eigenvalue weighted by molar-refractivity contribution is 9.09. The van der Waals surface area contributed by atoms with E-state index in [1.807, 2.05) is 0 Å². The molecule has 0 spiro atoms. The first-order chi connectivity index (χ1) is 23.3. The number of hydrogen-bond acceptors (Lipinski definition) is 9. The lowest BCUT2D eigenvalue weighted by atomic mass is 9.64. The number of halogens is 3. The second-order valence-electron chi connectivity index (χ2n) is 12.1. The molecule has 2 fully saturated rings. The summed E-state index contributed by atoms with van der Waals surface area (Å²) in [5.41, 5.74) is -0.173. The Bertz CT molecular complexity index is 2310. The summed E-state index contributed by atoms with van der Waals surface area (Å²) in [5, 5.41) is 11.0. The Kier molecular flexibility index (Phi) is 7.87. The molecule has 2 amide bonds. The lowest BCUT2D eigenvalue weighted by Gasteiger charge is -2.49. The number of alkyl halides is 3. The third-order valence-electron chi connectivity index (χ3n) is 9.83. The summed E-state index contributed by atoms with van der Waals surface area (Å²) in [7, 11) is 4.55. The fraction of sp³-hybridized carbons (Fsp3) is 0.375. The highest BCUT2D eigenvalue weighted by Crippen LogP contribution is 2.64. The predicted molar refractivity (Wildman–Crippen MR) is 182 cm³/mol. The standard InChI is InChI=1S/C32H29BrCl2N6O8/c1-37-20-13-24(49-3)23(48-2)12-19(20)36-18(26(37)43)9-10-38-29(46)40-11-8-16-21(41(40)30(38)47)14-31(34)27(44)39(15-33)28(45)32(31,35)25(16)17-6-4-5-7-22(17)42/h4-8,12-13,21,25,42H,9-11,14-15H2,1-3H3/t21-,25-,31-,32+/m1/s1. The second-order valence-corrected chi connectivity index (χ2v) is 13.8. The molecule has 1 saturated carbocycles. The van der Waals surface area contributed by atoms with Crippen molar-refractivity contribution in [3.8, 4) is 17.2 Å². The number of carbonyl (C=O) groups is 2. The minimum atomic E-state index is -2.05. The maximum atomic E-state index is 14.1. The number of methoxy groups -OCH3 is 2. The van der Waals surface area contributed by atoms with Crippen LogP contribution in [-0.2, 0) is 36.1 Å². The molecule has 7 rings (SSSR count). The van der Waals surface area contributed by atoms with E-state index in [2.05, 4.69) is 20.9 Å². The van der Waals surface area contributed by atoms with Gasteiger partial charge in [0.25, 0.3) is 17.4 Å². The summed E-state index contributed by atoms with van der Waals surface area (Å²) in [4.78, 5) is 70.2.